The van der Waals surface area contributed by atoms with Gasteiger partial charge in [-0.1, -0.05) is 36.4 Å². The molecule has 49 heavy (non-hydrogen) atoms. The Bertz CT molecular complexity index is 1970. The Kier molecular flexibility index (Phi) is 8.62. The third-order valence-corrected chi connectivity index (χ3v) is 10.3. The number of hydrogen-bond donors (Lipinski definition) is 1. The van der Waals surface area contributed by atoms with Gasteiger partial charge in [0.2, 0.25) is 17.7 Å². The molecule has 2 fully saturated rings. The zero-order chi connectivity index (χ0) is 34.3. The van der Waals surface area contributed by atoms with Crippen LogP contribution in [-0.4, -0.2) is 93.5 Å². The molecule has 2 saturated heterocycles. The number of anilines is 1. The molecule has 1 spiro atoms. The average Bonchev–Trinajstić information content (AvgIpc) is 3.83. The summed E-state index contributed by atoms with van der Waals surface area (Å²) in [4.78, 5) is 42.0. The maximum Gasteiger partial charge on any atom is 0.237 e. The number of hydrogen-bond acceptors (Lipinski definition) is 8. The molecule has 1 N–H and O–H groups in total. The lowest BCUT2D eigenvalue weighted by Crippen LogP contribution is -2.43. The summed E-state index contributed by atoms with van der Waals surface area (Å²) in [5.41, 5.74) is 7.36. The summed E-state index contributed by atoms with van der Waals surface area (Å²) >= 11 is 0. The van der Waals surface area contributed by atoms with E-state index in [1.807, 2.05) is 67.1 Å². The van der Waals surface area contributed by atoms with Crippen molar-refractivity contribution >= 4 is 28.8 Å². The lowest BCUT2D eigenvalue weighted by atomic mass is 9.85. The average molecular weight is 659 g/mol. The number of rotatable bonds is 8. The number of nitrogens with one attached hydrogen (secondary N) is 1. The van der Waals surface area contributed by atoms with Crippen LogP contribution in [0.2, 0.25) is 0 Å². The summed E-state index contributed by atoms with van der Waals surface area (Å²) in [6.45, 7) is 7.42. The van der Waals surface area contributed by atoms with Crippen LogP contribution in [-0.2, 0) is 16.6 Å². The van der Waals surface area contributed by atoms with E-state index in [4.69, 9.17) is 10.1 Å². The van der Waals surface area contributed by atoms with Crippen LogP contribution < -0.4 is 9.64 Å². The monoisotopic (exact) mass is 658 g/mol. The van der Waals surface area contributed by atoms with Gasteiger partial charge >= 0.3 is 0 Å². The van der Waals surface area contributed by atoms with E-state index in [1.165, 1.54) is 5.57 Å². The van der Waals surface area contributed by atoms with E-state index in [2.05, 4.69) is 38.2 Å². The highest BCUT2D eigenvalue weighted by atomic mass is 16.5. The van der Waals surface area contributed by atoms with Crippen molar-refractivity contribution in [3.05, 3.63) is 94.9 Å². The maximum absolute atomic E-state index is 14.0. The number of aromatic nitrogens is 4. The van der Waals surface area contributed by atoms with Gasteiger partial charge in [0.25, 0.3) is 0 Å². The standard InChI is InChI=1S/C38H42N8O3/c1-25-5-10-31(20-32(25)34(39)30-19-26(2)36(49-4)40-21-30)46-18-14-38(37(46)48)13-17-44(23-38)22-33(47)45-15-11-28(12-16-45)27-6-8-29(9-7-27)35-41-24-43(3)42-35/h5-11,19-21,24,39H,12-18,22-23H2,1-4H3/t38-/m0/s1. The Morgan fingerprint density at radius 1 is 0.980 bits per heavy atom. The number of benzene rings is 2. The van der Waals surface area contributed by atoms with Gasteiger partial charge in [-0.2, -0.15) is 5.10 Å². The topological polar surface area (TPSA) is 121 Å². The third-order valence-electron chi connectivity index (χ3n) is 10.3. The molecule has 2 amide bonds. The number of pyridine rings is 1. The van der Waals surface area contributed by atoms with Crippen molar-refractivity contribution in [1.29, 1.82) is 5.41 Å². The van der Waals surface area contributed by atoms with Crippen molar-refractivity contribution in [1.82, 2.24) is 29.5 Å². The molecule has 5 heterocycles. The molecule has 3 aliphatic rings. The molecule has 0 bridgehead atoms. The van der Waals surface area contributed by atoms with E-state index in [1.54, 1.807) is 24.3 Å². The molecule has 11 nitrogen and oxygen atoms in total. The number of amides is 2. The van der Waals surface area contributed by atoms with Gasteiger partial charge in [0.15, 0.2) is 5.82 Å². The lowest BCUT2D eigenvalue weighted by Gasteiger charge is -2.29. The molecule has 11 heteroatoms. The van der Waals surface area contributed by atoms with Crippen molar-refractivity contribution in [2.24, 2.45) is 12.5 Å². The summed E-state index contributed by atoms with van der Waals surface area (Å²) < 4.78 is 6.98. The van der Waals surface area contributed by atoms with Crippen molar-refractivity contribution in [2.75, 3.05) is 51.3 Å². The van der Waals surface area contributed by atoms with Crippen LogP contribution in [0.1, 0.15) is 47.1 Å². The molecule has 2 aromatic heterocycles. The van der Waals surface area contributed by atoms with Crippen LogP contribution in [0.4, 0.5) is 5.69 Å². The first-order valence-electron chi connectivity index (χ1n) is 16.8. The summed E-state index contributed by atoms with van der Waals surface area (Å²) in [5.74, 6) is 1.47. The minimum atomic E-state index is -0.484. The summed E-state index contributed by atoms with van der Waals surface area (Å²) in [6.07, 6.45) is 7.80. The summed E-state index contributed by atoms with van der Waals surface area (Å²) in [6, 6.07) is 16.1. The zero-order valence-corrected chi connectivity index (χ0v) is 28.6. The number of aryl methyl sites for hydroxylation is 3. The number of ether oxygens (including phenoxy) is 1. The maximum atomic E-state index is 14.0. The Balaban J connectivity index is 0.962. The second-order valence-electron chi connectivity index (χ2n) is 13.5. The van der Waals surface area contributed by atoms with Gasteiger partial charge in [-0.15, -0.1) is 0 Å². The molecular formula is C38H42N8O3. The molecule has 0 saturated carbocycles. The van der Waals surface area contributed by atoms with Crippen molar-refractivity contribution in [3.63, 3.8) is 0 Å². The normalized spacial score (nSPS) is 19.5. The van der Waals surface area contributed by atoms with Crippen LogP contribution >= 0.6 is 0 Å². The van der Waals surface area contributed by atoms with Gasteiger partial charge in [0.05, 0.1) is 24.8 Å². The summed E-state index contributed by atoms with van der Waals surface area (Å²) in [7, 11) is 3.44. The molecule has 0 aliphatic carbocycles. The molecule has 7 rings (SSSR count). The van der Waals surface area contributed by atoms with E-state index in [0.29, 0.717) is 55.7 Å². The predicted octanol–water partition coefficient (Wildman–Crippen LogP) is 4.66. The van der Waals surface area contributed by atoms with Gasteiger partial charge < -0.3 is 14.5 Å². The van der Waals surface area contributed by atoms with Crippen LogP contribution in [0.25, 0.3) is 17.0 Å². The Morgan fingerprint density at radius 3 is 2.45 bits per heavy atom. The molecular weight excluding hydrogens is 616 g/mol. The van der Waals surface area contributed by atoms with Crippen LogP contribution in [0, 0.1) is 24.7 Å². The second kappa shape index (κ2) is 13.0. The van der Waals surface area contributed by atoms with E-state index in [0.717, 1.165) is 59.3 Å². The molecule has 4 aromatic rings. The molecule has 3 aliphatic heterocycles. The van der Waals surface area contributed by atoms with E-state index < -0.39 is 5.41 Å². The summed E-state index contributed by atoms with van der Waals surface area (Å²) in [5, 5.41) is 13.3. The van der Waals surface area contributed by atoms with Crippen molar-refractivity contribution in [2.45, 2.75) is 33.1 Å². The number of carbonyl (C=O) groups is 2. The van der Waals surface area contributed by atoms with Crippen LogP contribution in [0.5, 0.6) is 5.88 Å². The lowest BCUT2D eigenvalue weighted by molar-refractivity contribution is -0.132. The molecule has 0 radical (unpaired) electrons. The number of nitrogens with zero attached hydrogens (tertiary/aromatic N) is 7. The SMILES string of the molecule is COc1ncc(C(=N)c2cc(N3CC[C@]4(CCN(CC(=O)N5CC=C(c6ccc(-c7ncn(C)n7)cc6)CC5)C4)C3=O)ccc2C)cc1C. The first kappa shape index (κ1) is 32.4. The zero-order valence-electron chi connectivity index (χ0n) is 28.6. The van der Waals surface area contributed by atoms with Crippen LogP contribution in [0.15, 0.2) is 67.1 Å². The Morgan fingerprint density at radius 2 is 1.76 bits per heavy atom. The Hall–Kier alpha value is -5.16. The first-order valence-corrected chi connectivity index (χ1v) is 16.8. The highest BCUT2D eigenvalue weighted by Crippen LogP contribution is 2.42. The quantitative estimate of drug-likeness (QED) is 0.274. The van der Waals surface area contributed by atoms with Gasteiger partial charge in [-0.25, -0.2) is 9.97 Å². The van der Waals surface area contributed by atoms with Gasteiger partial charge in [0.1, 0.15) is 6.33 Å². The minimum absolute atomic E-state index is 0.108. The number of carbonyl (C=O) groups excluding carboxylic acids is 2. The molecule has 2 aromatic carbocycles. The number of likely N-dealkylation sites (tertiary alicyclic amines) is 1. The highest BCUT2D eigenvalue weighted by molar-refractivity contribution is 6.12. The third kappa shape index (κ3) is 6.26. The van der Waals surface area contributed by atoms with Gasteiger partial charge in [0, 0.05) is 67.4 Å². The van der Waals surface area contributed by atoms with Gasteiger partial charge in [-0.3, -0.25) is 24.6 Å². The predicted molar refractivity (Wildman–Crippen MR) is 189 cm³/mol. The molecule has 0 unspecified atom stereocenters. The van der Waals surface area contributed by atoms with E-state index in [-0.39, 0.29) is 11.8 Å². The van der Waals surface area contributed by atoms with Crippen LogP contribution in [0.3, 0.4) is 0 Å². The Labute approximate surface area is 286 Å². The fourth-order valence-corrected chi connectivity index (χ4v) is 7.41. The van der Waals surface area contributed by atoms with E-state index in [9.17, 15) is 9.59 Å². The van der Waals surface area contributed by atoms with Crippen molar-refractivity contribution in [3.8, 4) is 17.3 Å². The molecule has 1 atom stereocenters. The highest BCUT2D eigenvalue weighted by Gasteiger charge is 2.51. The fourth-order valence-electron chi connectivity index (χ4n) is 7.41. The molecule has 252 valence electrons. The van der Waals surface area contributed by atoms with Crippen molar-refractivity contribution < 1.29 is 14.3 Å². The van der Waals surface area contributed by atoms with Gasteiger partial charge in [-0.05, 0) is 74.6 Å². The fraction of sp³-hybridized carbons (Fsp3) is 0.368. The largest absolute Gasteiger partial charge is 0.481 e. The minimum Gasteiger partial charge on any atom is -0.481 e. The first-order chi connectivity index (χ1) is 23.6. The number of methoxy groups -OCH3 is 1. The second-order valence-corrected chi connectivity index (χ2v) is 13.5. The smallest absolute Gasteiger partial charge is 0.237 e. The van der Waals surface area contributed by atoms with E-state index >= 15 is 0 Å².